The van der Waals surface area contributed by atoms with E-state index in [0.29, 0.717) is 5.92 Å². The summed E-state index contributed by atoms with van der Waals surface area (Å²) in [6.45, 7) is 4.22. The summed E-state index contributed by atoms with van der Waals surface area (Å²) in [4.78, 5) is 7.40. The first kappa shape index (κ1) is 9.00. The van der Waals surface area contributed by atoms with Gasteiger partial charge < -0.3 is 4.98 Å². The van der Waals surface area contributed by atoms with Gasteiger partial charge in [-0.3, -0.25) is 0 Å². The number of hydrogen-bond acceptors (Lipinski definition) is 1. The number of nitrogens with one attached hydrogen (secondary N) is 1. The molecular weight excluding hydrogens is 172 g/mol. The van der Waals surface area contributed by atoms with Gasteiger partial charge in [0.1, 0.15) is 0 Å². The molecule has 72 valence electrons. The standard InChI is InChI=1S/C12H14N2/c1-9(11-6-4-3-5-7-11)12-10(2)13-8-14-12/h3-9H,1-2H3,(H,13,14). The fourth-order valence-corrected chi connectivity index (χ4v) is 1.72. The molecule has 0 radical (unpaired) electrons. The van der Waals surface area contributed by atoms with Crippen molar-refractivity contribution >= 4 is 0 Å². The largest absolute Gasteiger partial charge is 0.348 e. The summed E-state index contributed by atoms with van der Waals surface area (Å²) in [6, 6.07) is 10.5. The van der Waals surface area contributed by atoms with Crippen molar-refractivity contribution in [2.45, 2.75) is 19.8 Å². The third-order valence-corrected chi connectivity index (χ3v) is 2.60. The van der Waals surface area contributed by atoms with Crippen LogP contribution in [0, 0.1) is 6.92 Å². The molecule has 0 saturated carbocycles. The monoisotopic (exact) mass is 186 g/mol. The number of nitrogens with zero attached hydrogens (tertiary/aromatic N) is 1. The topological polar surface area (TPSA) is 28.7 Å². The average molecular weight is 186 g/mol. The van der Waals surface area contributed by atoms with Crippen molar-refractivity contribution < 1.29 is 0 Å². The molecule has 14 heavy (non-hydrogen) atoms. The zero-order valence-electron chi connectivity index (χ0n) is 8.49. The Hall–Kier alpha value is -1.57. The molecule has 1 N–H and O–H groups in total. The maximum absolute atomic E-state index is 4.21. The highest BCUT2D eigenvalue weighted by atomic mass is 14.9. The van der Waals surface area contributed by atoms with Crippen LogP contribution in [0.1, 0.15) is 29.8 Å². The van der Waals surface area contributed by atoms with Crippen molar-refractivity contribution in [3.63, 3.8) is 0 Å². The second kappa shape index (κ2) is 3.66. The number of aryl methyl sites for hydroxylation is 1. The first-order valence-electron chi connectivity index (χ1n) is 4.84. The van der Waals surface area contributed by atoms with Gasteiger partial charge in [0, 0.05) is 11.6 Å². The molecule has 1 aromatic carbocycles. The van der Waals surface area contributed by atoms with Crippen molar-refractivity contribution in [2.75, 3.05) is 0 Å². The summed E-state index contributed by atoms with van der Waals surface area (Å²) in [7, 11) is 0. The molecule has 1 aromatic heterocycles. The lowest BCUT2D eigenvalue weighted by molar-refractivity contribution is 0.871. The van der Waals surface area contributed by atoms with Gasteiger partial charge >= 0.3 is 0 Å². The Bertz CT molecular complexity index is 403. The van der Waals surface area contributed by atoms with E-state index in [9.17, 15) is 0 Å². The number of hydrogen-bond donors (Lipinski definition) is 1. The first-order chi connectivity index (χ1) is 6.79. The molecule has 0 fully saturated rings. The Morgan fingerprint density at radius 1 is 1.21 bits per heavy atom. The fourth-order valence-electron chi connectivity index (χ4n) is 1.72. The highest BCUT2D eigenvalue weighted by Gasteiger charge is 2.11. The molecule has 1 atom stereocenters. The van der Waals surface area contributed by atoms with Gasteiger partial charge in [0.05, 0.1) is 12.0 Å². The van der Waals surface area contributed by atoms with Gasteiger partial charge in [-0.1, -0.05) is 37.3 Å². The van der Waals surface area contributed by atoms with Crippen molar-refractivity contribution in [3.05, 3.63) is 53.6 Å². The SMILES string of the molecule is Cc1nc[nH]c1C(C)c1ccccc1. The lowest BCUT2D eigenvalue weighted by Crippen LogP contribution is -1.98. The molecule has 0 aliphatic rings. The summed E-state index contributed by atoms with van der Waals surface area (Å²) in [5.41, 5.74) is 3.61. The van der Waals surface area contributed by atoms with E-state index in [-0.39, 0.29) is 0 Å². The number of aromatic amines is 1. The zero-order chi connectivity index (χ0) is 9.97. The van der Waals surface area contributed by atoms with Gasteiger partial charge in [-0.2, -0.15) is 0 Å². The van der Waals surface area contributed by atoms with E-state index in [1.807, 2.05) is 13.0 Å². The van der Waals surface area contributed by atoms with Crippen molar-refractivity contribution in [1.82, 2.24) is 9.97 Å². The summed E-state index contributed by atoms with van der Waals surface area (Å²) in [6.07, 6.45) is 1.75. The first-order valence-corrected chi connectivity index (χ1v) is 4.84. The Kier molecular flexibility index (Phi) is 2.35. The van der Waals surface area contributed by atoms with Gasteiger partial charge in [0.15, 0.2) is 0 Å². The predicted octanol–water partition coefficient (Wildman–Crippen LogP) is 2.87. The molecule has 1 heterocycles. The number of aromatic nitrogens is 2. The lowest BCUT2D eigenvalue weighted by Gasteiger charge is -2.10. The lowest BCUT2D eigenvalue weighted by atomic mass is 9.97. The maximum atomic E-state index is 4.21. The van der Waals surface area contributed by atoms with E-state index in [4.69, 9.17) is 0 Å². The minimum Gasteiger partial charge on any atom is -0.348 e. The van der Waals surface area contributed by atoms with Crippen LogP contribution in [-0.4, -0.2) is 9.97 Å². The maximum Gasteiger partial charge on any atom is 0.0925 e. The molecule has 2 aromatic rings. The molecule has 1 unspecified atom stereocenters. The molecule has 2 nitrogen and oxygen atoms in total. The Morgan fingerprint density at radius 3 is 2.50 bits per heavy atom. The van der Waals surface area contributed by atoms with Gasteiger partial charge in [-0.15, -0.1) is 0 Å². The third kappa shape index (κ3) is 1.55. The van der Waals surface area contributed by atoms with Crippen LogP contribution >= 0.6 is 0 Å². The molecule has 2 heteroatoms. The van der Waals surface area contributed by atoms with Crippen LogP contribution in [0.3, 0.4) is 0 Å². The Labute approximate surface area is 84.0 Å². The Morgan fingerprint density at radius 2 is 1.93 bits per heavy atom. The molecule has 0 amide bonds. The second-order valence-electron chi connectivity index (χ2n) is 3.53. The van der Waals surface area contributed by atoms with Crippen molar-refractivity contribution in [3.8, 4) is 0 Å². The van der Waals surface area contributed by atoms with Crippen LogP contribution in [0.15, 0.2) is 36.7 Å². The predicted molar refractivity (Wildman–Crippen MR) is 57.3 cm³/mol. The van der Waals surface area contributed by atoms with E-state index in [0.717, 1.165) is 5.69 Å². The van der Waals surface area contributed by atoms with Crippen LogP contribution in [0.2, 0.25) is 0 Å². The van der Waals surface area contributed by atoms with E-state index >= 15 is 0 Å². The number of imidazole rings is 1. The average Bonchev–Trinajstić information content (AvgIpc) is 2.65. The van der Waals surface area contributed by atoms with E-state index in [1.165, 1.54) is 11.3 Å². The molecule has 0 bridgehead atoms. The van der Waals surface area contributed by atoms with E-state index in [1.54, 1.807) is 6.33 Å². The molecule has 2 rings (SSSR count). The third-order valence-electron chi connectivity index (χ3n) is 2.60. The van der Waals surface area contributed by atoms with Gasteiger partial charge in [0.2, 0.25) is 0 Å². The highest BCUT2D eigenvalue weighted by molar-refractivity contribution is 5.29. The van der Waals surface area contributed by atoms with Gasteiger partial charge in [0.25, 0.3) is 0 Å². The fraction of sp³-hybridized carbons (Fsp3) is 0.250. The summed E-state index contributed by atoms with van der Waals surface area (Å²) in [5, 5.41) is 0. The molecular formula is C12H14N2. The number of benzene rings is 1. The number of H-pyrrole nitrogens is 1. The highest BCUT2D eigenvalue weighted by Crippen LogP contribution is 2.23. The van der Waals surface area contributed by atoms with Crippen LogP contribution in [-0.2, 0) is 0 Å². The normalized spacial score (nSPS) is 12.7. The quantitative estimate of drug-likeness (QED) is 0.767. The molecule has 0 aliphatic heterocycles. The molecule has 0 saturated heterocycles. The van der Waals surface area contributed by atoms with Crippen LogP contribution in [0.5, 0.6) is 0 Å². The second-order valence-corrected chi connectivity index (χ2v) is 3.53. The van der Waals surface area contributed by atoms with Crippen LogP contribution < -0.4 is 0 Å². The van der Waals surface area contributed by atoms with Crippen molar-refractivity contribution in [2.24, 2.45) is 0 Å². The van der Waals surface area contributed by atoms with Crippen LogP contribution in [0.4, 0.5) is 0 Å². The summed E-state index contributed by atoms with van der Waals surface area (Å²) < 4.78 is 0. The van der Waals surface area contributed by atoms with Crippen LogP contribution in [0.25, 0.3) is 0 Å². The van der Waals surface area contributed by atoms with E-state index < -0.39 is 0 Å². The summed E-state index contributed by atoms with van der Waals surface area (Å²) in [5.74, 6) is 0.388. The van der Waals surface area contributed by atoms with E-state index in [2.05, 4.69) is 41.2 Å². The number of rotatable bonds is 2. The minimum absolute atomic E-state index is 0.388. The zero-order valence-corrected chi connectivity index (χ0v) is 8.49. The minimum atomic E-state index is 0.388. The summed E-state index contributed by atoms with van der Waals surface area (Å²) >= 11 is 0. The molecule has 0 aliphatic carbocycles. The smallest absolute Gasteiger partial charge is 0.0925 e. The van der Waals surface area contributed by atoms with Crippen molar-refractivity contribution in [1.29, 1.82) is 0 Å². The van der Waals surface area contributed by atoms with Gasteiger partial charge in [-0.05, 0) is 12.5 Å². The molecule has 0 spiro atoms. The van der Waals surface area contributed by atoms with Gasteiger partial charge in [-0.25, -0.2) is 4.98 Å². The Balaban J connectivity index is 2.34.